The van der Waals surface area contributed by atoms with Crippen LogP contribution in [-0.4, -0.2) is 56.3 Å². The first-order valence-electron chi connectivity index (χ1n) is 12.4. The van der Waals surface area contributed by atoms with E-state index in [4.69, 9.17) is 4.98 Å². The van der Waals surface area contributed by atoms with Gasteiger partial charge in [0.1, 0.15) is 5.82 Å². The Balaban J connectivity index is 1.27. The van der Waals surface area contributed by atoms with Crippen molar-refractivity contribution in [2.45, 2.75) is 90.0 Å². The predicted octanol–water partition coefficient (Wildman–Crippen LogP) is 3.73. The van der Waals surface area contributed by atoms with Crippen LogP contribution in [0.3, 0.4) is 0 Å². The van der Waals surface area contributed by atoms with Crippen LogP contribution >= 0.6 is 11.3 Å². The smallest absolute Gasteiger partial charge is 0.219 e. The number of thiophene rings is 1. The van der Waals surface area contributed by atoms with E-state index in [2.05, 4.69) is 21.7 Å². The van der Waals surface area contributed by atoms with E-state index in [9.17, 15) is 14.0 Å². The molecule has 184 valence electrons. The van der Waals surface area contributed by atoms with E-state index >= 15 is 0 Å². The van der Waals surface area contributed by atoms with Crippen molar-refractivity contribution in [2.24, 2.45) is 0 Å². The zero-order valence-corrected chi connectivity index (χ0v) is 21.0. The van der Waals surface area contributed by atoms with Gasteiger partial charge in [0.2, 0.25) is 11.8 Å². The van der Waals surface area contributed by atoms with Gasteiger partial charge in [0.05, 0.1) is 18.3 Å². The molecular formula is C25H34FN5O2S. The molecule has 0 aliphatic carbocycles. The number of aromatic nitrogens is 2. The molecule has 7 nitrogen and oxygen atoms in total. The van der Waals surface area contributed by atoms with E-state index in [-0.39, 0.29) is 23.0 Å². The van der Waals surface area contributed by atoms with Gasteiger partial charge >= 0.3 is 0 Å². The highest BCUT2D eigenvalue weighted by atomic mass is 32.1. The summed E-state index contributed by atoms with van der Waals surface area (Å²) in [5, 5.41) is 2.81. The van der Waals surface area contributed by atoms with Gasteiger partial charge in [0.25, 0.3) is 0 Å². The first-order valence-corrected chi connectivity index (χ1v) is 13.2. The van der Waals surface area contributed by atoms with Gasteiger partial charge in [-0.05, 0) is 51.2 Å². The number of nitrogens with one attached hydrogen (secondary N) is 1. The minimum atomic E-state index is -0.211. The minimum absolute atomic E-state index is 0.0795. The molecule has 0 radical (unpaired) electrons. The fourth-order valence-electron chi connectivity index (χ4n) is 6.44. The normalized spacial score (nSPS) is 25.3. The molecule has 1 unspecified atom stereocenters. The van der Waals surface area contributed by atoms with Gasteiger partial charge in [-0.15, -0.1) is 11.3 Å². The van der Waals surface area contributed by atoms with Gasteiger partial charge in [0, 0.05) is 62.1 Å². The molecule has 3 aliphatic heterocycles. The largest absolute Gasteiger partial charge is 0.349 e. The molecule has 3 aliphatic rings. The number of rotatable bonds is 6. The molecule has 2 bridgehead atoms. The number of hydrogen-bond donors (Lipinski definition) is 1. The lowest BCUT2D eigenvalue weighted by Gasteiger charge is -2.41. The number of aryl methyl sites for hydroxylation is 1. The topological polar surface area (TPSA) is 70.5 Å². The molecule has 34 heavy (non-hydrogen) atoms. The highest BCUT2D eigenvalue weighted by Crippen LogP contribution is 2.43. The standard InChI is InChI=1S/C25H34FN5O2S/c1-15-27-22-14-29(17(3)33)10-9-23(22)31(15)20-12-18-4-5-19(13-20)30(18)11-8-21(28-16(2)32)24-6-7-25(26)34-24/h6-7,18-21H,4-5,8-14H2,1-3H3,(H,28,32)/t18-,19+,20?,21-/m0/s1. The summed E-state index contributed by atoms with van der Waals surface area (Å²) >= 11 is 1.12. The lowest BCUT2D eigenvalue weighted by Crippen LogP contribution is -2.45. The predicted molar refractivity (Wildman–Crippen MR) is 129 cm³/mol. The van der Waals surface area contributed by atoms with E-state index in [1.807, 2.05) is 4.90 Å². The maximum atomic E-state index is 13.6. The van der Waals surface area contributed by atoms with Crippen LogP contribution in [0.5, 0.6) is 0 Å². The van der Waals surface area contributed by atoms with Crippen molar-refractivity contribution in [1.82, 2.24) is 24.7 Å². The number of imidazole rings is 1. The Morgan fingerprint density at radius 1 is 1.21 bits per heavy atom. The summed E-state index contributed by atoms with van der Waals surface area (Å²) in [5.74, 6) is 1.11. The van der Waals surface area contributed by atoms with Crippen molar-refractivity contribution in [3.63, 3.8) is 0 Å². The summed E-state index contributed by atoms with van der Waals surface area (Å²) in [4.78, 5) is 33.9. The quantitative estimate of drug-likeness (QED) is 0.674. The summed E-state index contributed by atoms with van der Waals surface area (Å²) in [5.41, 5.74) is 2.38. The Hall–Kier alpha value is -2.26. The van der Waals surface area contributed by atoms with Gasteiger partial charge in [-0.1, -0.05) is 0 Å². The maximum Gasteiger partial charge on any atom is 0.219 e. The van der Waals surface area contributed by atoms with Gasteiger partial charge in [-0.25, -0.2) is 4.98 Å². The second-order valence-corrected chi connectivity index (χ2v) is 11.1. The molecule has 1 N–H and O–H groups in total. The monoisotopic (exact) mass is 487 g/mol. The van der Waals surface area contributed by atoms with Crippen molar-refractivity contribution < 1.29 is 14.0 Å². The molecule has 5 heterocycles. The summed E-state index contributed by atoms with van der Waals surface area (Å²) in [6.45, 7) is 7.55. The van der Waals surface area contributed by atoms with E-state index in [0.29, 0.717) is 24.7 Å². The van der Waals surface area contributed by atoms with E-state index in [0.717, 1.165) is 66.5 Å². The van der Waals surface area contributed by atoms with Gasteiger partial charge in [0.15, 0.2) is 5.13 Å². The van der Waals surface area contributed by atoms with E-state index < -0.39 is 0 Å². The van der Waals surface area contributed by atoms with Gasteiger partial charge in [-0.3, -0.25) is 14.5 Å². The molecule has 4 atom stereocenters. The third-order valence-corrected chi connectivity index (χ3v) is 8.88. The first kappa shape index (κ1) is 23.5. The van der Waals surface area contributed by atoms with Gasteiger partial charge in [-0.2, -0.15) is 4.39 Å². The van der Waals surface area contributed by atoms with Crippen LogP contribution in [0, 0.1) is 12.1 Å². The number of fused-ring (bicyclic) bond motifs is 3. The number of piperidine rings is 1. The number of nitrogens with zero attached hydrogens (tertiary/aromatic N) is 4. The van der Waals surface area contributed by atoms with Crippen LogP contribution in [0.1, 0.15) is 80.1 Å². The molecule has 0 aromatic carbocycles. The summed E-state index contributed by atoms with van der Waals surface area (Å²) in [7, 11) is 0. The number of amides is 2. The zero-order valence-electron chi connectivity index (χ0n) is 20.2. The Labute approximate surface area is 204 Å². The van der Waals surface area contributed by atoms with Crippen LogP contribution in [0.2, 0.25) is 0 Å². The third-order valence-electron chi connectivity index (χ3n) is 7.89. The molecule has 2 aromatic heterocycles. The fraction of sp³-hybridized carbons (Fsp3) is 0.640. The fourth-order valence-corrected chi connectivity index (χ4v) is 7.26. The summed E-state index contributed by atoms with van der Waals surface area (Å²) < 4.78 is 16.1. The van der Waals surface area contributed by atoms with Gasteiger partial charge < -0.3 is 14.8 Å². The van der Waals surface area contributed by atoms with Crippen molar-refractivity contribution in [1.29, 1.82) is 0 Å². The highest BCUT2D eigenvalue weighted by Gasteiger charge is 2.42. The van der Waals surface area contributed by atoms with Crippen molar-refractivity contribution in [3.05, 3.63) is 39.4 Å². The van der Waals surface area contributed by atoms with Crippen LogP contribution in [-0.2, 0) is 22.6 Å². The average molecular weight is 488 g/mol. The lowest BCUT2D eigenvalue weighted by molar-refractivity contribution is -0.129. The second kappa shape index (κ2) is 9.41. The van der Waals surface area contributed by atoms with Crippen LogP contribution in [0.15, 0.2) is 12.1 Å². The van der Waals surface area contributed by atoms with Crippen LogP contribution in [0.25, 0.3) is 0 Å². The average Bonchev–Trinajstić information content (AvgIpc) is 3.42. The highest BCUT2D eigenvalue weighted by molar-refractivity contribution is 7.10. The Bertz CT molecular complexity index is 1070. The molecule has 0 spiro atoms. The maximum absolute atomic E-state index is 13.6. The summed E-state index contributed by atoms with van der Waals surface area (Å²) in [6.07, 6.45) is 6.28. The molecule has 2 amide bonds. The number of carbonyl (C=O) groups is 2. The molecule has 2 aromatic rings. The number of carbonyl (C=O) groups excluding carboxylic acids is 2. The molecular weight excluding hydrogens is 453 g/mol. The van der Waals surface area contributed by atoms with E-state index in [1.54, 1.807) is 13.0 Å². The molecule has 2 saturated heterocycles. The SMILES string of the molecule is CC(=O)N[C@@H](CCN1[C@@H]2CC[C@H]1CC(n1c(C)nc3c1CCN(C(C)=O)C3)C2)c1ccc(F)s1. The van der Waals surface area contributed by atoms with Crippen molar-refractivity contribution >= 4 is 23.2 Å². The minimum Gasteiger partial charge on any atom is -0.349 e. The third kappa shape index (κ3) is 4.52. The molecule has 9 heteroatoms. The van der Waals surface area contributed by atoms with Crippen LogP contribution in [0.4, 0.5) is 4.39 Å². The van der Waals surface area contributed by atoms with Crippen molar-refractivity contribution in [2.75, 3.05) is 13.1 Å². The first-order chi connectivity index (χ1) is 16.3. The summed E-state index contributed by atoms with van der Waals surface area (Å²) in [6, 6.07) is 4.63. The Morgan fingerprint density at radius 3 is 2.56 bits per heavy atom. The molecule has 5 rings (SSSR count). The van der Waals surface area contributed by atoms with Crippen LogP contribution < -0.4 is 5.32 Å². The van der Waals surface area contributed by atoms with Crippen molar-refractivity contribution in [3.8, 4) is 0 Å². The second-order valence-electron chi connectivity index (χ2n) is 10.0. The number of hydrogen-bond acceptors (Lipinski definition) is 5. The zero-order chi connectivity index (χ0) is 24.0. The molecule has 0 saturated carbocycles. The Morgan fingerprint density at radius 2 is 1.94 bits per heavy atom. The molecule has 2 fully saturated rings. The Kier molecular flexibility index (Phi) is 6.50. The lowest BCUT2D eigenvalue weighted by atomic mass is 9.95. The van der Waals surface area contributed by atoms with E-state index in [1.165, 1.54) is 31.5 Å². The number of halogens is 1.